The molecule has 0 heterocycles. The minimum absolute atomic E-state index is 0.0539. The molecule has 48 heavy (non-hydrogen) atoms. The van der Waals surface area contributed by atoms with Crippen LogP contribution in [0.25, 0.3) is 40.0 Å². The maximum Gasteiger partial charge on any atom is 0.0835 e. The van der Waals surface area contributed by atoms with Crippen LogP contribution in [0.2, 0.25) is 0 Å². The van der Waals surface area contributed by atoms with Crippen LogP contribution in [0.4, 0.5) is 5.69 Å². The fourth-order valence-electron chi connectivity index (χ4n) is 7.37. The molecule has 0 amide bonds. The molecule has 0 unspecified atom stereocenters. The first-order valence-electron chi connectivity index (χ1n) is 17.1. The fraction of sp³-hybridized carbons (Fsp3) is 0.170. The van der Waals surface area contributed by atoms with Crippen molar-refractivity contribution in [2.45, 2.75) is 46.0 Å². The third kappa shape index (κ3) is 6.18. The van der Waals surface area contributed by atoms with Gasteiger partial charge in [-0.05, 0) is 112 Å². The summed E-state index contributed by atoms with van der Waals surface area (Å²) in [7, 11) is 2.07. The van der Waals surface area contributed by atoms with Gasteiger partial charge in [0.15, 0.2) is 0 Å². The highest BCUT2D eigenvalue weighted by atomic mass is 15.1. The maximum absolute atomic E-state index is 4.10. The average Bonchev–Trinajstić information content (AvgIpc) is 3.38. The van der Waals surface area contributed by atoms with Gasteiger partial charge in [-0.1, -0.05) is 148 Å². The van der Waals surface area contributed by atoms with Crippen LogP contribution in [0.1, 0.15) is 61.4 Å². The molecular formula is C47H45N. The van der Waals surface area contributed by atoms with Crippen molar-refractivity contribution < 1.29 is 0 Å². The summed E-state index contributed by atoms with van der Waals surface area (Å²) in [6, 6.07) is 43.5. The molecule has 1 nitrogen and oxygen atoms in total. The number of para-hydroxylation sites is 1. The lowest BCUT2D eigenvalue weighted by Gasteiger charge is -2.31. The molecule has 1 aliphatic carbocycles. The number of likely N-dealkylation sites (N-methyl/N-ethyl adjacent to an activating group) is 1. The summed E-state index contributed by atoms with van der Waals surface area (Å²) in [5.41, 5.74) is 19.8. The van der Waals surface area contributed by atoms with E-state index in [1.165, 1.54) is 61.2 Å². The number of nitrogens with zero attached hydrogens (tertiary/aromatic N) is 1. The highest BCUT2D eigenvalue weighted by Crippen LogP contribution is 2.51. The molecule has 0 aliphatic heterocycles. The Balaban J connectivity index is 1.26. The van der Waals surface area contributed by atoms with Crippen LogP contribution in [-0.2, 0) is 5.41 Å². The van der Waals surface area contributed by atoms with E-state index in [1.807, 2.05) is 12.1 Å². The largest absolute Gasteiger partial charge is 0.338 e. The van der Waals surface area contributed by atoms with Gasteiger partial charge < -0.3 is 4.90 Å². The Kier molecular flexibility index (Phi) is 9.62. The molecule has 238 valence electrons. The van der Waals surface area contributed by atoms with Crippen LogP contribution in [-0.4, -0.2) is 7.05 Å². The standard InChI is InChI=1S/C47H45N/c1-7-40(48(6)41-19-14-11-15-20-41)30-32-45-35(5)44-31-27-37(33-46(44)47(45,8-2)9-3)24-23-36-25-28-39(29-26-36)43-22-16-21-42(34(43)4)38-17-12-10-13-18-38/h7,10-29,31-33H,1,8-9H2,2-6H3/b24-23+. The van der Waals surface area contributed by atoms with Crippen LogP contribution in [0, 0.1) is 6.92 Å². The summed E-state index contributed by atoms with van der Waals surface area (Å²) in [4.78, 5) is 2.14. The van der Waals surface area contributed by atoms with Crippen molar-refractivity contribution in [1.29, 1.82) is 0 Å². The normalized spacial score (nSPS) is 13.3. The quantitative estimate of drug-likeness (QED) is 0.0850. The van der Waals surface area contributed by atoms with Crippen LogP contribution < -0.4 is 4.90 Å². The van der Waals surface area contributed by atoms with Gasteiger partial charge in [0.1, 0.15) is 0 Å². The second kappa shape index (κ2) is 14.2. The van der Waals surface area contributed by atoms with E-state index in [0.717, 1.165) is 24.2 Å². The molecule has 1 heteroatoms. The van der Waals surface area contributed by atoms with Crippen molar-refractivity contribution in [3.63, 3.8) is 0 Å². The molecule has 0 fully saturated rings. The highest BCUT2D eigenvalue weighted by molar-refractivity contribution is 5.84. The van der Waals surface area contributed by atoms with Crippen molar-refractivity contribution in [3.8, 4) is 22.3 Å². The first-order valence-corrected chi connectivity index (χ1v) is 17.1. The van der Waals surface area contributed by atoms with Gasteiger partial charge in [-0.25, -0.2) is 0 Å². The Morgan fingerprint density at radius 1 is 0.688 bits per heavy atom. The molecule has 0 radical (unpaired) electrons. The number of hydrogen-bond donors (Lipinski definition) is 0. The number of allylic oxidation sites excluding steroid dienone is 3. The first kappa shape index (κ1) is 32.6. The summed E-state index contributed by atoms with van der Waals surface area (Å²) in [5, 5.41) is 0. The van der Waals surface area contributed by atoms with Gasteiger partial charge in [0.2, 0.25) is 0 Å². The van der Waals surface area contributed by atoms with E-state index in [1.54, 1.807) is 0 Å². The second-order valence-corrected chi connectivity index (χ2v) is 12.7. The SMILES string of the molecule is C=CC(=C=CC1=C(C)c2ccc(/C=C/c3ccc(-c4cccc(-c5ccccc5)c4C)cc3)cc2C1(CC)CC)N(C)c1ccccc1. The van der Waals surface area contributed by atoms with Gasteiger partial charge in [0.05, 0.1) is 5.70 Å². The Labute approximate surface area is 287 Å². The topological polar surface area (TPSA) is 3.24 Å². The van der Waals surface area contributed by atoms with Gasteiger partial charge >= 0.3 is 0 Å². The maximum atomic E-state index is 4.10. The zero-order valence-corrected chi connectivity index (χ0v) is 28.9. The summed E-state index contributed by atoms with van der Waals surface area (Å²) in [5.74, 6) is 0. The van der Waals surface area contributed by atoms with Crippen LogP contribution in [0.15, 0.2) is 157 Å². The van der Waals surface area contributed by atoms with Crippen LogP contribution in [0.5, 0.6) is 0 Å². The van der Waals surface area contributed by atoms with Gasteiger partial charge in [-0.2, -0.15) is 0 Å². The minimum Gasteiger partial charge on any atom is -0.338 e. The van der Waals surface area contributed by atoms with Crippen LogP contribution in [0.3, 0.4) is 0 Å². The molecule has 5 aromatic rings. The Hall–Kier alpha value is -5.36. The van der Waals surface area contributed by atoms with E-state index in [0.29, 0.717) is 0 Å². The van der Waals surface area contributed by atoms with E-state index >= 15 is 0 Å². The first-order chi connectivity index (χ1) is 23.4. The van der Waals surface area contributed by atoms with Gasteiger partial charge in [0, 0.05) is 18.2 Å². The van der Waals surface area contributed by atoms with Crippen molar-refractivity contribution >= 4 is 23.4 Å². The summed E-state index contributed by atoms with van der Waals surface area (Å²) >= 11 is 0. The average molecular weight is 624 g/mol. The Morgan fingerprint density at radius 2 is 1.27 bits per heavy atom. The molecule has 0 bridgehead atoms. The van der Waals surface area contributed by atoms with Gasteiger partial charge in [0.25, 0.3) is 0 Å². The molecule has 1 aliphatic rings. The summed E-state index contributed by atoms with van der Waals surface area (Å²) < 4.78 is 0. The van der Waals surface area contributed by atoms with E-state index in [2.05, 4.69) is 185 Å². The zero-order chi connectivity index (χ0) is 33.7. The Morgan fingerprint density at radius 3 is 1.90 bits per heavy atom. The third-order valence-corrected chi connectivity index (χ3v) is 10.3. The van der Waals surface area contributed by atoms with E-state index in [-0.39, 0.29) is 5.41 Å². The molecule has 0 saturated carbocycles. The highest BCUT2D eigenvalue weighted by Gasteiger charge is 2.40. The molecule has 0 atom stereocenters. The van der Waals surface area contributed by atoms with Crippen molar-refractivity contribution in [3.05, 3.63) is 185 Å². The lowest BCUT2D eigenvalue weighted by Crippen LogP contribution is -2.24. The van der Waals surface area contributed by atoms with Crippen molar-refractivity contribution in [1.82, 2.24) is 0 Å². The molecule has 5 aromatic carbocycles. The van der Waals surface area contributed by atoms with Crippen molar-refractivity contribution in [2.75, 3.05) is 11.9 Å². The molecule has 0 saturated heterocycles. The second-order valence-electron chi connectivity index (χ2n) is 12.7. The molecule has 6 rings (SSSR count). The zero-order valence-electron chi connectivity index (χ0n) is 28.9. The van der Waals surface area contributed by atoms with E-state index in [4.69, 9.17) is 0 Å². The lowest BCUT2D eigenvalue weighted by molar-refractivity contribution is 0.486. The third-order valence-electron chi connectivity index (χ3n) is 10.3. The predicted octanol–water partition coefficient (Wildman–Crippen LogP) is 12.7. The predicted molar refractivity (Wildman–Crippen MR) is 209 cm³/mol. The Bertz CT molecular complexity index is 2050. The smallest absolute Gasteiger partial charge is 0.0835 e. The van der Waals surface area contributed by atoms with E-state index < -0.39 is 0 Å². The van der Waals surface area contributed by atoms with E-state index in [9.17, 15) is 0 Å². The van der Waals surface area contributed by atoms with Crippen LogP contribution >= 0.6 is 0 Å². The number of hydrogen-bond acceptors (Lipinski definition) is 1. The molecule has 0 spiro atoms. The monoisotopic (exact) mass is 623 g/mol. The summed E-state index contributed by atoms with van der Waals surface area (Å²) in [6.07, 6.45) is 10.6. The van der Waals surface area contributed by atoms with Gasteiger partial charge in [-0.15, -0.1) is 0 Å². The molecule has 0 aromatic heterocycles. The molecule has 0 N–H and O–H groups in total. The number of fused-ring (bicyclic) bond motifs is 1. The number of benzene rings is 5. The molecular weight excluding hydrogens is 579 g/mol. The van der Waals surface area contributed by atoms with Gasteiger partial charge in [-0.3, -0.25) is 0 Å². The number of rotatable bonds is 10. The fourth-order valence-corrected chi connectivity index (χ4v) is 7.37. The lowest BCUT2D eigenvalue weighted by atomic mass is 9.72. The summed E-state index contributed by atoms with van der Waals surface area (Å²) in [6.45, 7) is 13.2. The van der Waals surface area contributed by atoms with Crippen molar-refractivity contribution in [2.24, 2.45) is 0 Å². The number of anilines is 1. The minimum atomic E-state index is -0.0539.